The molecule has 0 bridgehead atoms. The molecule has 0 aliphatic carbocycles. The SMILES string of the molecule is NC1CCS(=O)(=O)c2cc(O)ccc21. The Kier molecular flexibility index (Phi) is 2.01. The maximum absolute atomic E-state index is 11.6. The molecule has 0 aromatic heterocycles. The van der Waals surface area contributed by atoms with Crippen molar-refractivity contribution in [2.75, 3.05) is 5.75 Å². The van der Waals surface area contributed by atoms with E-state index in [1.165, 1.54) is 12.1 Å². The van der Waals surface area contributed by atoms with Crippen molar-refractivity contribution in [3.8, 4) is 5.75 Å². The normalized spacial score (nSPS) is 24.2. The molecule has 1 aromatic rings. The molecule has 5 heteroatoms. The molecule has 0 fully saturated rings. The number of phenolic OH excluding ortho intramolecular Hbond substituents is 1. The lowest BCUT2D eigenvalue weighted by Gasteiger charge is -2.21. The highest BCUT2D eigenvalue weighted by Gasteiger charge is 2.28. The third-order valence-electron chi connectivity index (χ3n) is 2.43. The first-order valence-corrected chi connectivity index (χ1v) is 5.97. The number of phenols is 1. The molecule has 1 atom stereocenters. The van der Waals surface area contributed by atoms with E-state index in [1.54, 1.807) is 6.07 Å². The molecule has 14 heavy (non-hydrogen) atoms. The number of hydrogen-bond acceptors (Lipinski definition) is 4. The zero-order valence-electron chi connectivity index (χ0n) is 7.47. The van der Waals surface area contributed by atoms with Gasteiger partial charge in [-0.2, -0.15) is 0 Å². The zero-order chi connectivity index (χ0) is 10.3. The lowest BCUT2D eigenvalue weighted by molar-refractivity contribution is 0.471. The maximum atomic E-state index is 11.6. The van der Waals surface area contributed by atoms with E-state index in [4.69, 9.17) is 5.73 Å². The van der Waals surface area contributed by atoms with Crippen molar-refractivity contribution in [1.29, 1.82) is 0 Å². The summed E-state index contributed by atoms with van der Waals surface area (Å²) in [4.78, 5) is 0.177. The first kappa shape index (κ1) is 9.48. The van der Waals surface area contributed by atoms with E-state index < -0.39 is 9.84 Å². The topological polar surface area (TPSA) is 80.4 Å². The van der Waals surface area contributed by atoms with Gasteiger partial charge in [-0.25, -0.2) is 8.42 Å². The Bertz CT molecular complexity index is 467. The predicted molar refractivity (Wildman–Crippen MR) is 51.7 cm³/mol. The van der Waals surface area contributed by atoms with Crippen molar-refractivity contribution in [2.24, 2.45) is 5.73 Å². The smallest absolute Gasteiger partial charge is 0.178 e. The van der Waals surface area contributed by atoms with Crippen LogP contribution in [-0.4, -0.2) is 19.3 Å². The summed E-state index contributed by atoms with van der Waals surface area (Å²) in [7, 11) is -3.24. The summed E-state index contributed by atoms with van der Waals surface area (Å²) in [5.74, 6) is 0.0198. The molecule has 1 aliphatic heterocycles. The first-order chi connectivity index (χ1) is 6.50. The van der Waals surface area contributed by atoms with Gasteiger partial charge in [-0.1, -0.05) is 6.07 Å². The molecule has 1 unspecified atom stereocenters. The summed E-state index contributed by atoms with van der Waals surface area (Å²) < 4.78 is 23.2. The van der Waals surface area contributed by atoms with Gasteiger partial charge in [0, 0.05) is 6.04 Å². The number of sulfone groups is 1. The Morgan fingerprint density at radius 1 is 1.43 bits per heavy atom. The predicted octanol–water partition coefficient (Wildman–Crippen LogP) is 0.569. The van der Waals surface area contributed by atoms with E-state index in [9.17, 15) is 13.5 Å². The number of hydrogen-bond donors (Lipinski definition) is 2. The monoisotopic (exact) mass is 213 g/mol. The minimum atomic E-state index is -3.24. The molecule has 0 spiro atoms. The second-order valence-electron chi connectivity index (χ2n) is 3.44. The summed E-state index contributed by atoms with van der Waals surface area (Å²) in [6.07, 6.45) is 0.445. The van der Waals surface area contributed by atoms with Crippen molar-refractivity contribution in [3.63, 3.8) is 0 Å². The molecule has 2 rings (SSSR count). The van der Waals surface area contributed by atoms with Crippen LogP contribution in [0.15, 0.2) is 23.1 Å². The van der Waals surface area contributed by atoms with Gasteiger partial charge in [-0.3, -0.25) is 0 Å². The van der Waals surface area contributed by atoms with Gasteiger partial charge >= 0.3 is 0 Å². The van der Waals surface area contributed by atoms with Gasteiger partial charge in [-0.15, -0.1) is 0 Å². The molecular weight excluding hydrogens is 202 g/mol. The second kappa shape index (κ2) is 2.96. The van der Waals surface area contributed by atoms with Crippen molar-refractivity contribution >= 4 is 9.84 Å². The second-order valence-corrected chi connectivity index (χ2v) is 5.51. The van der Waals surface area contributed by atoms with Crippen LogP contribution < -0.4 is 5.73 Å². The van der Waals surface area contributed by atoms with Crippen LogP contribution in [0.2, 0.25) is 0 Å². The highest BCUT2D eigenvalue weighted by molar-refractivity contribution is 7.91. The minimum Gasteiger partial charge on any atom is -0.508 e. The van der Waals surface area contributed by atoms with Crippen LogP contribution in [0.5, 0.6) is 5.75 Å². The van der Waals surface area contributed by atoms with Crippen molar-refractivity contribution < 1.29 is 13.5 Å². The van der Waals surface area contributed by atoms with E-state index in [0.717, 1.165) is 0 Å². The average molecular weight is 213 g/mol. The first-order valence-electron chi connectivity index (χ1n) is 4.32. The molecule has 0 amide bonds. The summed E-state index contributed by atoms with van der Waals surface area (Å²) in [5, 5.41) is 9.20. The molecule has 76 valence electrons. The van der Waals surface area contributed by atoms with Crippen LogP contribution in [-0.2, 0) is 9.84 Å². The number of fused-ring (bicyclic) bond motifs is 1. The summed E-state index contributed by atoms with van der Waals surface area (Å²) >= 11 is 0. The largest absolute Gasteiger partial charge is 0.508 e. The van der Waals surface area contributed by atoms with Crippen LogP contribution in [0, 0.1) is 0 Å². The standard InChI is InChI=1S/C9H11NO3S/c10-8-3-4-14(12,13)9-5-6(11)1-2-7(8)9/h1-2,5,8,11H,3-4,10H2. The Labute approximate surface area is 82.3 Å². The molecule has 0 radical (unpaired) electrons. The minimum absolute atomic E-state index is 0.0403. The number of aromatic hydroxyl groups is 1. The Hall–Kier alpha value is -1.07. The van der Waals surface area contributed by atoms with Gasteiger partial charge in [0.25, 0.3) is 0 Å². The third-order valence-corrected chi connectivity index (χ3v) is 4.23. The van der Waals surface area contributed by atoms with Gasteiger partial charge in [0.1, 0.15) is 5.75 Å². The molecule has 3 N–H and O–H groups in total. The number of nitrogens with two attached hydrogens (primary N) is 1. The highest BCUT2D eigenvalue weighted by atomic mass is 32.2. The quantitative estimate of drug-likeness (QED) is 0.660. The molecule has 0 saturated heterocycles. The Balaban J connectivity index is 2.70. The van der Waals surface area contributed by atoms with Gasteiger partial charge in [0.05, 0.1) is 10.6 Å². The summed E-state index contributed by atoms with van der Waals surface area (Å²) in [6, 6.07) is 4.06. The van der Waals surface area contributed by atoms with Crippen molar-refractivity contribution in [2.45, 2.75) is 17.4 Å². The highest BCUT2D eigenvalue weighted by Crippen LogP contribution is 2.32. The fraction of sp³-hybridized carbons (Fsp3) is 0.333. The Morgan fingerprint density at radius 3 is 2.86 bits per heavy atom. The number of benzene rings is 1. The van der Waals surface area contributed by atoms with Crippen LogP contribution in [0.25, 0.3) is 0 Å². The van der Waals surface area contributed by atoms with Crippen LogP contribution in [0.1, 0.15) is 18.0 Å². The fourth-order valence-electron chi connectivity index (χ4n) is 1.65. The van der Waals surface area contributed by atoms with Gasteiger partial charge < -0.3 is 10.8 Å². The van der Waals surface area contributed by atoms with Crippen LogP contribution >= 0.6 is 0 Å². The molecule has 4 nitrogen and oxygen atoms in total. The zero-order valence-corrected chi connectivity index (χ0v) is 8.29. The molecule has 1 aliphatic rings. The molecule has 0 saturated carbocycles. The van der Waals surface area contributed by atoms with Crippen LogP contribution in [0.3, 0.4) is 0 Å². The van der Waals surface area contributed by atoms with Gasteiger partial charge in [0.2, 0.25) is 0 Å². The summed E-state index contributed by atoms with van der Waals surface area (Å²) in [6.45, 7) is 0. The third kappa shape index (κ3) is 1.38. The van der Waals surface area contributed by atoms with E-state index in [2.05, 4.69) is 0 Å². The average Bonchev–Trinajstić information content (AvgIpc) is 2.12. The van der Waals surface area contributed by atoms with Crippen LogP contribution in [0.4, 0.5) is 0 Å². The lowest BCUT2D eigenvalue weighted by Crippen LogP contribution is -2.24. The number of rotatable bonds is 0. The van der Waals surface area contributed by atoms with E-state index in [1.807, 2.05) is 0 Å². The maximum Gasteiger partial charge on any atom is 0.178 e. The Morgan fingerprint density at radius 2 is 2.14 bits per heavy atom. The van der Waals surface area contributed by atoms with Crippen molar-refractivity contribution in [1.82, 2.24) is 0 Å². The van der Waals surface area contributed by atoms with Gasteiger partial charge in [-0.05, 0) is 24.1 Å². The molecular formula is C9H11NO3S. The van der Waals surface area contributed by atoms with Gasteiger partial charge in [0.15, 0.2) is 9.84 Å². The van der Waals surface area contributed by atoms with Crippen molar-refractivity contribution in [3.05, 3.63) is 23.8 Å². The molecule has 1 aromatic carbocycles. The fourth-order valence-corrected chi connectivity index (χ4v) is 3.31. The van der Waals surface area contributed by atoms with E-state index in [-0.39, 0.29) is 22.4 Å². The lowest BCUT2D eigenvalue weighted by atomic mass is 10.0. The summed E-state index contributed by atoms with van der Waals surface area (Å²) in [5.41, 5.74) is 6.38. The molecule has 1 heterocycles. The van der Waals surface area contributed by atoms with E-state index in [0.29, 0.717) is 12.0 Å². The van der Waals surface area contributed by atoms with E-state index >= 15 is 0 Å².